The summed E-state index contributed by atoms with van der Waals surface area (Å²) in [4.78, 5) is 12.4. The highest BCUT2D eigenvalue weighted by molar-refractivity contribution is 5.85. The molecular formula is C20H25ClN6O. The summed E-state index contributed by atoms with van der Waals surface area (Å²) >= 11 is 0. The molecule has 0 bridgehead atoms. The second kappa shape index (κ2) is 9.52. The lowest BCUT2D eigenvalue weighted by molar-refractivity contribution is -0.122. The van der Waals surface area contributed by atoms with Crippen molar-refractivity contribution in [1.29, 1.82) is 0 Å². The van der Waals surface area contributed by atoms with Gasteiger partial charge in [-0.2, -0.15) is 10.2 Å². The minimum Gasteiger partial charge on any atom is -0.350 e. The third-order valence-electron chi connectivity index (χ3n) is 4.95. The minimum atomic E-state index is -0.0279. The number of aromatic nitrogens is 4. The highest BCUT2D eigenvalue weighted by atomic mass is 35.5. The molecule has 8 heteroatoms. The summed E-state index contributed by atoms with van der Waals surface area (Å²) in [6, 6.07) is 11.9. The van der Waals surface area contributed by atoms with Crippen LogP contribution in [0.3, 0.4) is 0 Å². The lowest BCUT2D eigenvalue weighted by Crippen LogP contribution is -2.32. The number of hydrogen-bond donors (Lipinski definition) is 2. The van der Waals surface area contributed by atoms with Gasteiger partial charge in [0.25, 0.3) is 0 Å². The summed E-state index contributed by atoms with van der Waals surface area (Å²) in [5.74, 6) is 0.406. The number of nitrogens with one attached hydrogen (secondary N) is 2. The van der Waals surface area contributed by atoms with Crippen LogP contribution >= 0.6 is 12.4 Å². The second-order valence-electron chi connectivity index (χ2n) is 6.85. The molecule has 7 nitrogen and oxygen atoms in total. The predicted molar refractivity (Wildman–Crippen MR) is 110 cm³/mol. The number of halogens is 1. The number of benzene rings is 1. The number of amides is 1. The Balaban J connectivity index is 0.00000225. The molecule has 4 rings (SSSR count). The van der Waals surface area contributed by atoms with E-state index in [1.165, 1.54) is 0 Å². The highest BCUT2D eigenvalue weighted by Gasteiger charge is 2.19. The van der Waals surface area contributed by atoms with Crippen LogP contribution < -0.4 is 10.6 Å². The van der Waals surface area contributed by atoms with E-state index in [0.717, 1.165) is 42.9 Å². The fourth-order valence-electron chi connectivity index (χ4n) is 3.51. The van der Waals surface area contributed by atoms with Gasteiger partial charge < -0.3 is 10.6 Å². The maximum absolute atomic E-state index is 12.4. The quantitative estimate of drug-likeness (QED) is 0.665. The summed E-state index contributed by atoms with van der Waals surface area (Å²) in [5.41, 5.74) is 3.19. The topological polar surface area (TPSA) is 76.8 Å². The Bertz CT molecular complexity index is 869. The third kappa shape index (κ3) is 4.79. The van der Waals surface area contributed by atoms with Crippen LogP contribution in [-0.2, 0) is 17.9 Å². The molecule has 28 heavy (non-hydrogen) atoms. The van der Waals surface area contributed by atoms with E-state index in [9.17, 15) is 4.79 Å². The molecule has 1 saturated heterocycles. The van der Waals surface area contributed by atoms with Crippen LogP contribution in [0.5, 0.6) is 0 Å². The Morgan fingerprint density at radius 3 is 2.75 bits per heavy atom. The van der Waals surface area contributed by atoms with Gasteiger partial charge in [0.05, 0.1) is 5.69 Å². The molecule has 1 aliphatic rings. The first kappa shape index (κ1) is 20.1. The van der Waals surface area contributed by atoms with Crippen LogP contribution in [-0.4, -0.2) is 38.6 Å². The third-order valence-corrected chi connectivity index (χ3v) is 4.95. The molecular weight excluding hydrogens is 376 g/mol. The molecule has 0 radical (unpaired) electrons. The minimum absolute atomic E-state index is 0. The zero-order valence-corrected chi connectivity index (χ0v) is 16.4. The van der Waals surface area contributed by atoms with Crippen molar-refractivity contribution in [2.75, 3.05) is 13.1 Å². The number of carbonyl (C=O) groups excluding carboxylic acids is 1. The van der Waals surface area contributed by atoms with Crippen molar-refractivity contribution < 1.29 is 4.79 Å². The van der Waals surface area contributed by atoms with Gasteiger partial charge in [0.2, 0.25) is 5.91 Å². The Labute approximate surface area is 170 Å². The second-order valence-corrected chi connectivity index (χ2v) is 6.85. The lowest BCUT2D eigenvalue weighted by Gasteiger charge is -2.23. The average Bonchev–Trinajstić information content (AvgIpc) is 3.40. The molecule has 1 amide bonds. The van der Waals surface area contributed by atoms with Crippen LogP contribution in [0.15, 0.2) is 55.0 Å². The Morgan fingerprint density at radius 1 is 1.18 bits per heavy atom. The standard InChI is InChI=1S/C20H24N6O.ClH/c27-20(15-26-19(8-11-24-26)17-3-1-9-21-14-17)22-13-16-4-6-18(7-5-16)25-12-2-10-23-25;/h2,4-8,10-12,17,21H,1,3,9,13-15H2,(H,22,27);1H. The smallest absolute Gasteiger partial charge is 0.242 e. The van der Waals surface area contributed by atoms with E-state index in [1.807, 2.05) is 52.0 Å². The molecule has 3 heterocycles. The first-order chi connectivity index (χ1) is 13.3. The number of hydrogen-bond acceptors (Lipinski definition) is 4. The van der Waals surface area contributed by atoms with Gasteiger partial charge >= 0.3 is 0 Å². The number of piperidine rings is 1. The fourth-order valence-corrected chi connectivity index (χ4v) is 3.51. The Hall–Kier alpha value is -2.64. The van der Waals surface area contributed by atoms with E-state index < -0.39 is 0 Å². The van der Waals surface area contributed by atoms with Crippen molar-refractivity contribution in [1.82, 2.24) is 30.2 Å². The zero-order chi connectivity index (χ0) is 18.5. The van der Waals surface area contributed by atoms with Crippen LogP contribution in [0.1, 0.15) is 30.0 Å². The first-order valence-corrected chi connectivity index (χ1v) is 9.38. The van der Waals surface area contributed by atoms with Crippen LogP contribution in [0.4, 0.5) is 0 Å². The van der Waals surface area contributed by atoms with Crippen molar-refractivity contribution in [3.63, 3.8) is 0 Å². The van der Waals surface area contributed by atoms with Crippen molar-refractivity contribution >= 4 is 18.3 Å². The van der Waals surface area contributed by atoms with Crippen LogP contribution in [0, 0.1) is 0 Å². The first-order valence-electron chi connectivity index (χ1n) is 9.38. The summed E-state index contributed by atoms with van der Waals surface area (Å²) in [6.45, 7) is 2.78. The van der Waals surface area contributed by atoms with Crippen molar-refractivity contribution in [3.05, 3.63) is 66.2 Å². The molecule has 0 spiro atoms. The lowest BCUT2D eigenvalue weighted by atomic mass is 9.96. The maximum Gasteiger partial charge on any atom is 0.242 e. The van der Waals surface area contributed by atoms with Crippen molar-refractivity contribution in [2.45, 2.75) is 31.8 Å². The predicted octanol–water partition coefficient (Wildman–Crippen LogP) is 2.27. The summed E-state index contributed by atoms with van der Waals surface area (Å²) < 4.78 is 3.63. The van der Waals surface area contributed by atoms with Crippen molar-refractivity contribution in [2.24, 2.45) is 0 Å². The SMILES string of the molecule is Cl.O=C(Cn1nccc1C1CCCNC1)NCc1ccc(-n2cccn2)cc1. The zero-order valence-electron chi connectivity index (χ0n) is 15.6. The Morgan fingerprint density at radius 2 is 2.04 bits per heavy atom. The van der Waals surface area contributed by atoms with E-state index >= 15 is 0 Å². The van der Waals surface area contributed by atoms with E-state index in [-0.39, 0.29) is 24.9 Å². The molecule has 0 aliphatic carbocycles. The Kier molecular flexibility index (Phi) is 6.84. The van der Waals surface area contributed by atoms with E-state index in [0.29, 0.717) is 12.5 Å². The van der Waals surface area contributed by atoms with Crippen LogP contribution in [0.25, 0.3) is 5.69 Å². The maximum atomic E-state index is 12.4. The van der Waals surface area contributed by atoms with Gasteiger partial charge in [-0.05, 0) is 49.2 Å². The van der Waals surface area contributed by atoms with Gasteiger partial charge in [-0.1, -0.05) is 12.1 Å². The van der Waals surface area contributed by atoms with E-state index in [2.05, 4.69) is 20.8 Å². The normalized spacial score (nSPS) is 16.4. The van der Waals surface area contributed by atoms with Gasteiger partial charge in [-0.3, -0.25) is 9.48 Å². The molecule has 1 unspecified atom stereocenters. The van der Waals surface area contributed by atoms with E-state index in [4.69, 9.17) is 0 Å². The number of carbonyl (C=O) groups is 1. The highest BCUT2D eigenvalue weighted by Crippen LogP contribution is 2.22. The van der Waals surface area contributed by atoms with Gasteiger partial charge in [-0.25, -0.2) is 4.68 Å². The molecule has 3 aromatic rings. The molecule has 2 N–H and O–H groups in total. The number of nitrogens with zero attached hydrogens (tertiary/aromatic N) is 4. The fraction of sp³-hybridized carbons (Fsp3) is 0.350. The van der Waals surface area contributed by atoms with Gasteiger partial charge in [0.1, 0.15) is 6.54 Å². The molecule has 2 aromatic heterocycles. The van der Waals surface area contributed by atoms with Crippen molar-refractivity contribution in [3.8, 4) is 5.69 Å². The molecule has 148 valence electrons. The molecule has 1 aliphatic heterocycles. The molecule has 1 fully saturated rings. The largest absolute Gasteiger partial charge is 0.350 e. The van der Waals surface area contributed by atoms with E-state index in [1.54, 1.807) is 12.4 Å². The van der Waals surface area contributed by atoms with Crippen LogP contribution in [0.2, 0.25) is 0 Å². The average molecular weight is 401 g/mol. The van der Waals surface area contributed by atoms with Gasteiger partial charge in [0.15, 0.2) is 0 Å². The molecule has 0 saturated carbocycles. The summed E-state index contributed by atoms with van der Waals surface area (Å²) in [6.07, 6.45) is 7.74. The summed E-state index contributed by atoms with van der Waals surface area (Å²) in [5, 5.41) is 15.0. The monoisotopic (exact) mass is 400 g/mol. The number of rotatable bonds is 6. The summed E-state index contributed by atoms with van der Waals surface area (Å²) in [7, 11) is 0. The van der Waals surface area contributed by atoms with Gasteiger partial charge in [-0.15, -0.1) is 12.4 Å². The van der Waals surface area contributed by atoms with Gasteiger partial charge in [0, 0.05) is 43.3 Å². The molecule has 1 atom stereocenters. The molecule has 1 aromatic carbocycles.